The number of rotatable bonds is 9. The van der Waals surface area contributed by atoms with E-state index < -0.39 is 16.7 Å². The molecule has 0 atom stereocenters. The number of nitrogens with zero attached hydrogens (tertiary/aromatic N) is 7. The Morgan fingerprint density at radius 2 is 1.93 bits per heavy atom. The molecule has 0 radical (unpaired) electrons. The maximum Gasteiger partial charge on any atom is 0.316 e. The van der Waals surface area contributed by atoms with Gasteiger partial charge in [0.05, 0.1) is 14.7 Å². The van der Waals surface area contributed by atoms with Crippen molar-refractivity contribution in [3.63, 3.8) is 0 Å². The number of amides is 2. The molecule has 3 heterocycles. The molecule has 3 aromatic rings. The highest BCUT2D eigenvalue weighted by atomic mass is 127. The van der Waals surface area contributed by atoms with Crippen LogP contribution in [0.1, 0.15) is 16.5 Å². The predicted octanol–water partition coefficient (Wildman–Crippen LogP) is -0.430. The number of hydrogen-bond acceptors (Lipinski definition) is 9. The number of carbonyl (C=O) groups is 2. The smallest absolute Gasteiger partial charge is 0.316 e. The van der Waals surface area contributed by atoms with Gasteiger partial charge < -0.3 is 15.2 Å². The summed E-state index contributed by atoms with van der Waals surface area (Å²) >= 11 is 2.12. The van der Waals surface area contributed by atoms with E-state index in [1.807, 2.05) is 0 Å². The Hall–Kier alpha value is -3.37. The first-order valence-electron chi connectivity index (χ1n) is 8.13. The van der Waals surface area contributed by atoms with E-state index in [4.69, 9.17) is 4.52 Å². The summed E-state index contributed by atoms with van der Waals surface area (Å²) in [5.41, 5.74) is -0.203. The van der Waals surface area contributed by atoms with Crippen molar-refractivity contribution in [3.8, 4) is 0 Å². The highest BCUT2D eigenvalue weighted by Crippen LogP contribution is 2.07. The monoisotopic (exact) mass is 515 g/mol. The zero-order valence-electron chi connectivity index (χ0n) is 14.7. The summed E-state index contributed by atoms with van der Waals surface area (Å²) in [5.74, 6) is -0.879. The summed E-state index contributed by atoms with van der Waals surface area (Å²) < 4.78 is 8.62. The van der Waals surface area contributed by atoms with E-state index in [-0.39, 0.29) is 37.8 Å². The number of halogens is 1. The van der Waals surface area contributed by atoms with E-state index in [1.165, 1.54) is 0 Å². The average Bonchev–Trinajstić information content (AvgIpc) is 3.40. The molecule has 0 bridgehead atoms. The van der Waals surface area contributed by atoms with Gasteiger partial charge in [0, 0.05) is 19.3 Å². The third-order valence-corrected chi connectivity index (χ3v) is 3.99. The van der Waals surface area contributed by atoms with Crippen molar-refractivity contribution in [3.05, 3.63) is 50.2 Å². The molecular formula is C14H14IN9O5. The number of nitrogens with one attached hydrogen (secondary N) is 2. The van der Waals surface area contributed by atoms with Crippen LogP contribution in [-0.4, -0.2) is 59.5 Å². The lowest BCUT2D eigenvalue weighted by Gasteiger charge is -2.05. The lowest BCUT2D eigenvalue weighted by atomic mass is 10.5. The lowest BCUT2D eigenvalue weighted by Crippen LogP contribution is -2.36. The molecule has 3 rings (SSSR count). The molecular weight excluding hydrogens is 501 g/mol. The normalized spacial score (nSPS) is 10.7. The summed E-state index contributed by atoms with van der Waals surface area (Å²) in [5, 5.41) is 27.2. The van der Waals surface area contributed by atoms with Crippen LogP contribution in [0.5, 0.6) is 0 Å². The Bertz CT molecular complexity index is 1030. The number of carbonyl (C=O) groups excluding carboxylic acids is 2. The minimum Gasteiger partial charge on any atom is -0.353 e. The maximum absolute atomic E-state index is 12.0. The fraction of sp³-hybridized carbons (Fsp3) is 0.286. The van der Waals surface area contributed by atoms with Gasteiger partial charge in [0.1, 0.15) is 25.5 Å². The molecule has 15 heteroatoms. The molecule has 0 aliphatic rings. The summed E-state index contributed by atoms with van der Waals surface area (Å²) in [7, 11) is 0. The van der Waals surface area contributed by atoms with Gasteiger partial charge in [-0.25, -0.2) is 0 Å². The molecule has 0 saturated heterocycles. The predicted molar refractivity (Wildman–Crippen MR) is 103 cm³/mol. The van der Waals surface area contributed by atoms with E-state index in [1.54, 1.807) is 17.1 Å². The van der Waals surface area contributed by atoms with Gasteiger partial charge in [0.15, 0.2) is 5.82 Å². The molecule has 0 aromatic carbocycles. The van der Waals surface area contributed by atoms with Crippen molar-refractivity contribution in [2.24, 2.45) is 0 Å². The summed E-state index contributed by atoms with van der Waals surface area (Å²) in [6, 6.07) is 0. The summed E-state index contributed by atoms with van der Waals surface area (Å²) in [6.07, 6.45) is 5.68. The van der Waals surface area contributed by atoms with Gasteiger partial charge in [0.25, 0.3) is 0 Å². The number of aromatic nitrogens is 6. The first-order chi connectivity index (χ1) is 13.9. The van der Waals surface area contributed by atoms with Gasteiger partial charge in [-0.15, -0.1) is 0 Å². The van der Waals surface area contributed by atoms with Crippen LogP contribution in [-0.2, 0) is 17.9 Å². The topological polar surface area (TPSA) is 176 Å². The van der Waals surface area contributed by atoms with Crippen LogP contribution in [0.3, 0.4) is 0 Å². The lowest BCUT2D eigenvalue weighted by molar-refractivity contribution is -0.385. The highest BCUT2D eigenvalue weighted by Gasteiger charge is 2.15. The maximum atomic E-state index is 12.0. The summed E-state index contributed by atoms with van der Waals surface area (Å²) in [4.78, 5) is 37.7. The standard InChI is InChI=1S/C14H14IN9O5/c15-9-3-18-22(5-9)7-11-20-14(29-21-11)13(26)17-2-1-16-12(25)8-23-6-10(4-19-23)24(27)28/h3-6H,1-2,7-8H2,(H,16,25)(H,17,26). The number of nitro groups is 1. The molecule has 152 valence electrons. The van der Waals surface area contributed by atoms with Crippen molar-refractivity contribution in [1.29, 1.82) is 0 Å². The van der Waals surface area contributed by atoms with Crippen molar-refractivity contribution in [1.82, 2.24) is 40.3 Å². The van der Waals surface area contributed by atoms with Gasteiger partial charge >= 0.3 is 17.5 Å². The largest absolute Gasteiger partial charge is 0.353 e. The fourth-order valence-electron chi connectivity index (χ4n) is 2.17. The fourth-order valence-corrected chi connectivity index (χ4v) is 2.62. The Morgan fingerprint density at radius 3 is 2.62 bits per heavy atom. The Balaban J connectivity index is 1.38. The van der Waals surface area contributed by atoms with Gasteiger partial charge in [-0.2, -0.15) is 15.2 Å². The van der Waals surface area contributed by atoms with Crippen molar-refractivity contribution >= 4 is 40.1 Å². The van der Waals surface area contributed by atoms with E-state index in [0.29, 0.717) is 5.82 Å². The van der Waals surface area contributed by atoms with Crippen LogP contribution in [0, 0.1) is 13.7 Å². The van der Waals surface area contributed by atoms with Crippen LogP contribution < -0.4 is 10.6 Å². The summed E-state index contributed by atoms with van der Waals surface area (Å²) in [6.45, 7) is 0.349. The van der Waals surface area contributed by atoms with E-state index in [2.05, 4.69) is 53.6 Å². The minimum absolute atomic E-state index is 0.124. The van der Waals surface area contributed by atoms with Gasteiger partial charge in [-0.3, -0.25) is 29.1 Å². The van der Waals surface area contributed by atoms with Gasteiger partial charge in [0.2, 0.25) is 5.91 Å². The van der Waals surface area contributed by atoms with Gasteiger partial charge in [-0.1, -0.05) is 5.16 Å². The Labute approximate surface area is 175 Å². The van der Waals surface area contributed by atoms with E-state index >= 15 is 0 Å². The molecule has 0 saturated carbocycles. The second kappa shape index (κ2) is 9.22. The molecule has 3 aromatic heterocycles. The van der Waals surface area contributed by atoms with Gasteiger partial charge in [-0.05, 0) is 22.6 Å². The van der Waals surface area contributed by atoms with Crippen LogP contribution in [0.4, 0.5) is 5.69 Å². The molecule has 0 fully saturated rings. The SMILES string of the molecule is O=C(Cn1cc([N+](=O)[O-])cn1)NCCNC(=O)c1nc(Cn2cc(I)cn2)no1. The zero-order chi connectivity index (χ0) is 20.8. The third-order valence-electron chi connectivity index (χ3n) is 3.44. The van der Waals surface area contributed by atoms with Crippen LogP contribution in [0.25, 0.3) is 0 Å². The second-order valence-corrected chi connectivity index (χ2v) is 6.88. The first-order valence-corrected chi connectivity index (χ1v) is 9.21. The van der Waals surface area contributed by atoms with Crippen LogP contribution >= 0.6 is 22.6 Å². The van der Waals surface area contributed by atoms with E-state index in [9.17, 15) is 19.7 Å². The highest BCUT2D eigenvalue weighted by molar-refractivity contribution is 14.1. The zero-order valence-corrected chi connectivity index (χ0v) is 16.8. The van der Waals surface area contributed by atoms with Crippen molar-refractivity contribution < 1.29 is 19.0 Å². The van der Waals surface area contributed by atoms with Crippen LogP contribution in [0.2, 0.25) is 0 Å². The van der Waals surface area contributed by atoms with Crippen molar-refractivity contribution in [2.75, 3.05) is 13.1 Å². The number of hydrogen-bond donors (Lipinski definition) is 2. The molecule has 0 aliphatic carbocycles. The molecule has 2 amide bonds. The van der Waals surface area contributed by atoms with Crippen LogP contribution in [0.15, 0.2) is 29.3 Å². The Kier molecular flexibility index (Phi) is 6.47. The second-order valence-electron chi connectivity index (χ2n) is 5.63. The molecule has 29 heavy (non-hydrogen) atoms. The first kappa shape index (κ1) is 20.4. The average molecular weight is 515 g/mol. The molecule has 0 aliphatic heterocycles. The van der Waals surface area contributed by atoms with Crippen molar-refractivity contribution in [2.45, 2.75) is 13.1 Å². The molecule has 14 nitrogen and oxygen atoms in total. The molecule has 0 spiro atoms. The Morgan fingerprint density at radius 1 is 1.17 bits per heavy atom. The molecule has 2 N–H and O–H groups in total. The van der Waals surface area contributed by atoms with E-state index in [0.717, 1.165) is 20.6 Å². The quantitative estimate of drug-likeness (QED) is 0.166. The molecule has 0 unspecified atom stereocenters. The third kappa shape index (κ3) is 5.80. The minimum atomic E-state index is -0.602.